The van der Waals surface area contributed by atoms with Crippen molar-refractivity contribution in [3.63, 3.8) is 0 Å². The molecule has 0 bridgehead atoms. The molecule has 1 rings (SSSR count). The monoisotopic (exact) mass is 378 g/mol. The van der Waals surface area contributed by atoms with Crippen LogP contribution in [0.1, 0.15) is 23.8 Å². The number of nitrogens with two attached hydrogens (primary N) is 1. The number of rotatable bonds is 5. The largest absolute Gasteiger partial charge is 0.448 e. The fourth-order valence-corrected chi connectivity index (χ4v) is 2.16. The average Bonchev–Trinajstić information content (AvgIpc) is 2.52. The Morgan fingerprint density at radius 2 is 2.00 bits per heavy atom. The molecule has 0 unspecified atom stereocenters. The van der Waals surface area contributed by atoms with Gasteiger partial charge in [-0.3, -0.25) is 4.79 Å². The van der Waals surface area contributed by atoms with E-state index in [9.17, 15) is 9.59 Å². The van der Waals surface area contributed by atoms with Crippen LogP contribution in [0.5, 0.6) is 0 Å². The predicted octanol–water partition coefficient (Wildman–Crippen LogP) is 2.54. The van der Waals surface area contributed by atoms with E-state index in [4.69, 9.17) is 50.5 Å². The van der Waals surface area contributed by atoms with Gasteiger partial charge in [0.15, 0.2) is 17.0 Å². The number of carbonyl (C=O) groups is 2. The third-order valence-electron chi connectivity index (χ3n) is 2.83. The Morgan fingerprint density at radius 1 is 1.39 bits per heavy atom. The second-order valence-electron chi connectivity index (χ2n) is 4.51. The zero-order chi connectivity index (χ0) is 17.7. The number of nitriles is 1. The lowest BCUT2D eigenvalue weighted by atomic mass is 10.3. The Balaban J connectivity index is 2.88. The van der Waals surface area contributed by atoms with E-state index >= 15 is 0 Å². The van der Waals surface area contributed by atoms with E-state index in [0.717, 1.165) is 0 Å². The van der Waals surface area contributed by atoms with E-state index in [1.807, 2.05) is 6.07 Å². The highest BCUT2D eigenvalue weighted by atomic mass is 35.5. The number of likely N-dealkylation sites (N-methyl/N-ethyl adjacent to an activating group) is 1. The normalized spacial score (nSPS) is 11.5. The number of nitrogens with zero attached hydrogens (tertiary/aromatic N) is 3. The minimum Gasteiger partial charge on any atom is -0.448 e. The SMILES string of the molecule is C[C@@H](OC(=O)c1nc(Cl)c(Cl)c(N)c1Cl)C(=O)N(C)CCC#N. The average molecular weight is 380 g/mol. The highest BCUT2D eigenvalue weighted by Gasteiger charge is 2.26. The van der Waals surface area contributed by atoms with E-state index in [2.05, 4.69) is 4.98 Å². The maximum Gasteiger partial charge on any atom is 0.359 e. The van der Waals surface area contributed by atoms with Gasteiger partial charge in [0.1, 0.15) is 5.02 Å². The number of carbonyl (C=O) groups excluding carboxylic acids is 2. The van der Waals surface area contributed by atoms with Gasteiger partial charge >= 0.3 is 5.97 Å². The second-order valence-corrected chi connectivity index (χ2v) is 5.62. The Kier molecular flexibility index (Phi) is 6.88. The van der Waals surface area contributed by atoms with Crippen LogP contribution in [0.15, 0.2) is 0 Å². The van der Waals surface area contributed by atoms with Crippen LogP contribution in [-0.4, -0.2) is 41.5 Å². The molecule has 0 saturated heterocycles. The lowest BCUT2D eigenvalue weighted by Gasteiger charge is -2.20. The molecule has 2 N–H and O–H groups in total. The van der Waals surface area contributed by atoms with Crippen molar-refractivity contribution in [3.05, 3.63) is 20.9 Å². The van der Waals surface area contributed by atoms with Gasteiger partial charge in [0, 0.05) is 13.6 Å². The zero-order valence-electron chi connectivity index (χ0n) is 12.3. The summed E-state index contributed by atoms with van der Waals surface area (Å²) in [5, 5.41) is 8.02. The Hall–Kier alpha value is -1.75. The number of hydrogen-bond donors (Lipinski definition) is 1. The van der Waals surface area contributed by atoms with Gasteiger partial charge in [-0.05, 0) is 6.92 Å². The number of hydrogen-bond acceptors (Lipinski definition) is 6. The van der Waals surface area contributed by atoms with Gasteiger partial charge < -0.3 is 15.4 Å². The quantitative estimate of drug-likeness (QED) is 0.622. The summed E-state index contributed by atoms with van der Waals surface area (Å²) in [6.07, 6.45) is -0.931. The second kappa shape index (κ2) is 8.20. The Bertz CT molecular complexity index is 675. The lowest BCUT2D eigenvalue weighted by Crippen LogP contribution is -2.38. The molecule has 0 fully saturated rings. The molecule has 1 atom stereocenters. The molecule has 1 aromatic heterocycles. The maximum atomic E-state index is 12.1. The number of halogens is 3. The first-order valence-electron chi connectivity index (χ1n) is 6.33. The summed E-state index contributed by atoms with van der Waals surface area (Å²) in [5.74, 6) is -1.44. The number of nitrogen functional groups attached to an aromatic ring is 1. The van der Waals surface area contributed by atoms with Gasteiger partial charge in [-0.2, -0.15) is 5.26 Å². The summed E-state index contributed by atoms with van der Waals surface area (Å²) >= 11 is 17.4. The van der Waals surface area contributed by atoms with Crippen molar-refractivity contribution in [2.24, 2.45) is 0 Å². The van der Waals surface area contributed by atoms with E-state index in [-0.39, 0.29) is 39.5 Å². The molecule has 1 heterocycles. The van der Waals surface area contributed by atoms with E-state index in [1.54, 1.807) is 0 Å². The summed E-state index contributed by atoms with van der Waals surface area (Å²) in [6.45, 7) is 1.61. The third kappa shape index (κ3) is 4.61. The van der Waals surface area contributed by atoms with Gasteiger partial charge in [-0.15, -0.1) is 0 Å². The number of anilines is 1. The highest BCUT2D eigenvalue weighted by Crippen LogP contribution is 2.34. The van der Waals surface area contributed by atoms with Gasteiger partial charge in [-0.1, -0.05) is 34.8 Å². The van der Waals surface area contributed by atoms with E-state index < -0.39 is 18.0 Å². The minimum absolute atomic E-state index is 0.0754. The molecule has 1 aromatic rings. The van der Waals surface area contributed by atoms with Crippen LogP contribution in [0.25, 0.3) is 0 Å². The van der Waals surface area contributed by atoms with Gasteiger partial charge in [-0.25, -0.2) is 9.78 Å². The molecule has 0 aliphatic rings. The summed E-state index contributed by atoms with van der Waals surface area (Å²) in [7, 11) is 1.49. The number of aromatic nitrogens is 1. The van der Waals surface area contributed by atoms with Crippen molar-refractivity contribution < 1.29 is 14.3 Å². The molecule has 0 spiro atoms. The van der Waals surface area contributed by atoms with E-state index in [0.29, 0.717) is 0 Å². The first kappa shape index (κ1) is 19.3. The standard InChI is InChI=1S/C13H13Cl3N4O3/c1-6(12(21)20(2)5-3-4-17)23-13(22)10-7(14)9(18)8(15)11(16)19-10/h6H,3,5H2,1-2H3,(H2,18,19)/t6-/m1/s1. The highest BCUT2D eigenvalue weighted by molar-refractivity contribution is 6.46. The molecule has 0 aliphatic carbocycles. The summed E-state index contributed by atoms with van der Waals surface area (Å²) in [4.78, 5) is 29.1. The van der Waals surface area contributed by atoms with Crippen LogP contribution in [0.2, 0.25) is 15.2 Å². The van der Waals surface area contributed by atoms with Crippen molar-refractivity contribution in [2.75, 3.05) is 19.3 Å². The fourth-order valence-electron chi connectivity index (χ4n) is 1.57. The van der Waals surface area contributed by atoms with Crippen LogP contribution >= 0.6 is 34.8 Å². The lowest BCUT2D eigenvalue weighted by molar-refractivity contribution is -0.138. The predicted molar refractivity (Wildman–Crippen MR) is 86.4 cm³/mol. The van der Waals surface area contributed by atoms with Gasteiger partial charge in [0.25, 0.3) is 5.91 Å². The third-order valence-corrected chi connectivity index (χ3v) is 3.97. The zero-order valence-corrected chi connectivity index (χ0v) is 14.5. The Morgan fingerprint density at radius 3 is 2.57 bits per heavy atom. The number of amides is 1. The van der Waals surface area contributed by atoms with Crippen molar-refractivity contribution in [2.45, 2.75) is 19.4 Å². The van der Waals surface area contributed by atoms with Crippen molar-refractivity contribution in [1.29, 1.82) is 5.26 Å². The molecule has 0 aliphatic heterocycles. The van der Waals surface area contributed by atoms with Crippen LogP contribution < -0.4 is 5.73 Å². The molecule has 0 radical (unpaired) electrons. The van der Waals surface area contributed by atoms with Crippen LogP contribution in [0.3, 0.4) is 0 Å². The van der Waals surface area contributed by atoms with Crippen LogP contribution in [-0.2, 0) is 9.53 Å². The summed E-state index contributed by atoms with van der Waals surface area (Å²) < 4.78 is 5.01. The molecule has 23 heavy (non-hydrogen) atoms. The molecule has 124 valence electrons. The number of ether oxygens (including phenoxy) is 1. The molecule has 0 saturated carbocycles. The van der Waals surface area contributed by atoms with Crippen LogP contribution in [0, 0.1) is 11.3 Å². The minimum atomic E-state index is -1.10. The number of esters is 1. The molecule has 1 amide bonds. The Labute approximate surface area is 147 Å². The van der Waals surface area contributed by atoms with Gasteiger partial charge in [0.2, 0.25) is 0 Å². The smallest absolute Gasteiger partial charge is 0.359 e. The first-order chi connectivity index (χ1) is 10.7. The van der Waals surface area contributed by atoms with Gasteiger partial charge in [0.05, 0.1) is 23.2 Å². The first-order valence-corrected chi connectivity index (χ1v) is 7.47. The maximum absolute atomic E-state index is 12.1. The van der Waals surface area contributed by atoms with Crippen molar-refractivity contribution in [3.8, 4) is 6.07 Å². The molecular weight excluding hydrogens is 367 g/mol. The molecular formula is C13H13Cl3N4O3. The van der Waals surface area contributed by atoms with Crippen molar-refractivity contribution in [1.82, 2.24) is 9.88 Å². The number of pyridine rings is 1. The molecule has 0 aromatic carbocycles. The summed E-state index contributed by atoms with van der Waals surface area (Å²) in [5.41, 5.74) is 5.17. The topological polar surface area (TPSA) is 109 Å². The van der Waals surface area contributed by atoms with E-state index in [1.165, 1.54) is 18.9 Å². The molecule has 10 heteroatoms. The summed E-state index contributed by atoms with van der Waals surface area (Å²) in [6, 6.07) is 1.91. The fraction of sp³-hybridized carbons (Fsp3) is 0.385. The van der Waals surface area contributed by atoms with Crippen molar-refractivity contribution >= 4 is 52.4 Å². The molecule has 7 nitrogen and oxygen atoms in total. The van der Waals surface area contributed by atoms with Crippen LogP contribution in [0.4, 0.5) is 5.69 Å².